The molecule has 0 fully saturated rings. The molecule has 4 heteroatoms. The molecular weight excluding hydrogens is 158 g/mol. The van der Waals surface area contributed by atoms with Gasteiger partial charge in [-0.15, -0.1) is 0 Å². The predicted octanol–water partition coefficient (Wildman–Crippen LogP) is 0.00930. The predicted molar refractivity (Wildman–Crippen MR) is 42.4 cm³/mol. The molecule has 0 aromatic carbocycles. The number of aliphatic carboxylic acids is 1. The zero-order valence-electron chi connectivity index (χ0n) is 6.78. The van der Waals surface area contributed by atoms with Crippen molar-refractivity contribution < 1.29 is 14.7 Å². The van der Waals surface area contributed by atoms with Crippen molar-refractivity contribution in [3.63, 3.8) is 0 Å². The van der Waals surface area contributed by atoms with Crippen LogP contribution >= 0.6 is 0 Å². The SMILES string of the molecule is CNC(=O)[C@H]1C=C[C@@H](C(=O)O)C1. The van der Waals surface area contributed by atoms with Gasteiger partial charge in [0.15, 0.2) is 0 Å². The van der Waals surface area contributed by atoms with Crippen LogP contribution in [0.1, 0.15) is 6.42 Å². The molecule has 4 nitrogen and oxygen atoms in total. The van der Waals surface area contributed by atoms with Gasteiger partial charge in [-0.2, -0.15) is 0 Å². The summed E-state index contributed by atoms with van der Waals surface area (Å²) < 4.78 is 0. The molecule has 0 heterocycles. The third kappa shape index (κ3) is 1.64. The second-order valence-electron chi connectivity index (χ2n) is 2.79. The molecule has 1 aliphatic rings. The first-order chi connectivity index (χ1) is 5.65. The van der Waals surface area contributed by atoms with Crippen LogP contribution in [0.2, 0.25) is 0 Å². The fourth-order valence-electron chi connectivity index (χ4n) is 1.26. The monoisotopic (exact) mass is 169 g/mol. The minimum Gasteiger partial charge on any atom is -0.481 e. The van der Waals surface area contributed by atoms with Crippen molar-refractivity contribution in [3.05, 3.63) is 12.2 Å². The molecule has 0 unspecified atom stereocenters. The molecule has 0 saturated heterocycles. The van der Waals surface area contributed by atoms with Crippen LogP contribution in [-0.2, 0) is 9.59 Å². The van der Waals surface area contributed by atoms with Crippen LogP contribution in [0.3, 0.4) is 0 Å². The van der Waals surface area contributed by atoms with Crippen molar-refractivity contribution in [2.45, 2.75) is 6.42 Å². The molecule has 2 atom stereocenters. The van der Waals surface area contributed by atoms with E-state index in [0.29, 0.717) is 6.42 Å². The van der Waals surface area contributed by atoms with E-state index in [4.69, 9.17) is 5.11 Å². The van der Waals surface area contributed by atoms with Gasteiger partial charge < -0.3 is 10.4 Å². The minimum atomic E-state index is -0.863. The smallest absolute Gasteiger partial charge is 0.310 e. The molecule has 0 radical (unpaired) electrons. The number of amides is 1. The molecule has 0 aromatic rings. The normalized spacial score (nSPS) is 27.1. The first-order valence-corrected chi connectivity index (χ1v) is 3.78. The Hall–Kier alpha value is -1.32. The summed E-state index contributed by atoms with van der Waals surface area (Å²) in [4.78, 5) is 21.5. The molecule has 1 aliphatic carbocycles. The molecular formula is C8H11NO3. The molecule has 0 bridgehead atoms. The van der Waals surface area contributed by atoms with Gasteiger partial charge in [-0.25, -0.2) is 0 Å². The van der Waals surface area contributed by atoms with E-state index < -0.39 is 11.9 Å². The summed E-state index contributed by atoms with van der Waals surface area (Å²) in [7, 11) is 1.55. The summed E-state index contributed by atoms with van der Waals surface area (Å²) >= 11 is 0. The quantitative estimate of drug-likeness (QED) is 0.572. The van der Waals surface area contributed by atoms with Gasteiger partial charge in [-0.05, 0) is 6.42 Å². The van der Waals surface area contributed by atoms with E-state index >= 15 is 0 Å². The van der Waals surface area contributed by atoms with E-state index in [9.17, 15) is 9.59 Å². The second-order valence-corrected chi connectivity index (χ2v) is 2.79. The average molecular weight is 169 g/mol. The van der Waals surface area contributed by atoms with Gasteiger partial charge in [-0.3, -0.25) is 9.59 Å². The van der Waals surface area contributed by atoms with Gasteiger partial charge in [0.05, 0.1) is 11.8 Å². The molecule has 0 spiro atoms. The summed E-state index contributed by atoms with van der Waals surface area (Å²) in [5, 5.41) is 11.1. The highest BCUT2D eigenvalue weighted by molar-refractivity contribution is 5.83. The number of rotatable bonds is 2. The highest BCUT2D eigenvalue weighted by atomic mass is 16.4. The lowest BCUT2D eigenvalue weighted by Crippen LogP contribution is -2.26. The van der Waals surface area contributed by atoms with Crippen LogP contribution in [0.25, 0.3) is 0 Å². The lowest BCUT2D eigenvalue weighted by Gasteiger charge is -2.06. The number of carbonyl (C=O) groups is 2. The van der Waals surface area contributed by atoms with Crippen LogP contribution < -0.4 is 5.32 Å². The lowest BCUT2D eigenvalue weighted by molar-refractivity contribution is -0.140. The van der Waals surface area contributed by atoms with Gasteiger partial charge in [0.25, 0.3) is 0 Å². The summed E-state index contributed by atoms with van der Waals surface area (Å²) in [5.74, 6) is -1.74. The van der Waals surface area contributed by atoms with E-state index in [2.05, 4.69) is 5.32 Å². The fraction of sp³-hybridized carbons (Fsp3) is 0.500. The average Bonchev–Trinajstić information content (AvgIpc) is 2.51. The van der Waals surface area contributed by atoms with E-state index in [1.165, 1.54) is 0 Å². The Bertz CT molecular complexity index is 234. The number of carboxylic acid groups (broad SMARTS) is 1. The number of hydrogen-bond donors (Lipinski definition) is 2. The second kappa shape index (κ2) is 3.38. The van der Waals surface area contributed by atoms with E-state index in [-0.39, 0.29) is 11.8 Å². The Labute approximate surface area is 70.3 Å². The van der Waals surface area contributed by atoms with Crippen LogP contribution in [0.15, 0.2) is 12.2 Å². The van der Waals surface area contributed by atoms with Crippen LogP contribution in [0, 0.1) is 11.8 Å². The zero-order chi connectivity index (χ0) is 9.14. The van der Waals surface area contributed by atoms with E-state index in [1.807, 2.05) is 0 Å². The van der Waals surface area contributed by atoms with Crippen molar-refractivity contribution in [2.75, 3.05) is 7.05 Å². The highest BCUT2D eigenvalue weighted by Gasteiger charge is 2.27. The van der Waals surface area contributed by atoms with Crippen LogP contribution in [-0.4, -0.2) is 24.0 Å². The number of carboxylic acids is 1. The standard InChI is InChI=1S/C8H11NO3/c1-9-7(10)5-2-3-6(4-5)8(11)12/h2-3,5-6H,4H2,1H3,(H,9,10)(H,11,12)/t5-,6+/m0/s1. The first kappa shape index (κ1) is 8.77. The molecule has 1 amide bonds. The van der Waals surface area contributed by atoms with E-state index in [1.54, 1.807) is 19.2 Å². The van der Waals surface area contributed by atoms with Gasteiger partial charge in [0.2, 0.25) is 5.91 Å². The molecule has 0 aliphatic heterocycles. The number of carbonyl (C=O) groups excluding carboxylic acids is 1. The van der Waals surface area contributed by atoms with Crippen LogP contribution in [0.4, 0.5) is 0 Å². The van der Waals surface area contributed by atoms with Crippen LogP contribution in [0.5, 0.6) is 0 Å². The number of nitrogens with one attached hydrogen (secondary N) is 1. The van der Waals surface area contributed by atoms with Gasteiger partial charge in [-0.1, -0.05) is 12.2 Å². The Balaban J connectivity index is 2.53. The Morgan fingerprint density at radius 3 is 2.42 bits per heavy atom. The zero-order valence-corrected chi connectivity index (χ0v) is 6.78. The Morgan fingerprint density at radius 2 is 2.00 bits per heavy atom. The van der Waals surface area contributed by atoms with E-state index in [0.717, 1.165) is 0 Å². The molecule has 0 aromatic heterocycles. The maximum absolute atomic E-state index is 11.0. The highest BCUT2D eigenvalue weighted by Crippen LogP contribution is 2.23. The molecule has 1 rings (SSSR count). The van der Waals surface area contributed by atoms with Crippen molar-refractivity contribution >= 4 is 11.9 Å². The number of hydrogen-bond acceptors (Lipinski definition) is 2. The summed E-state index contributed by atoms with van der Waals surface area (Å²) in [5.41, 5.74) is 0. The summed E-state index contributed by atoms with van der Waals surface area (Å²) in [6.07, 6.45) is 3.61. The van der Waals surface area contributed by atoms with Crippen molar-refractivity contribution in [3.8, 4) is 0 Å². The Kier molecular flexibility index (Phi) is 2.47. The van der Waals surface area contributed by atoms with Gasteiger partial charge in [0.1, 0.15) is 0 Å². The molecule has 0 saturated carbocycles. The maximum Gasteiger partial charge on any atom is 0.310 e. The fourth-order valence-corrected chi connectivity index (χ4v) is 1.26. The lowest BCUT2D eigenvalue weighted by atomic mass is 10.0. The van der Waals surface area contributed by atoms with Crippen molar-refractivity contribution in [1.29, 1.82) is 0 Å². The third-order valence-corrected chi connectivity index (χ3v) is 1.98. The summed E-state index contributed by atoms with van der Waals surface area (Å²) in [6.45, 7) is 0. The van der Waals surface area contributed by atoms with Gasteiger partial charge in [0, 0.05) is 7.05 Å². The first-order valence-electron chi connectivity index (χ1n) is 3.78. The van der Waals surface area contributed by atoms with Crippen molar-refractivity contribution in [2.24, 2.45) is 11.8 Å². The van der Waals surface area contributed by atoms with Gasteiger partial charge >= 0.3 is 5.97 Å². The Morgan fingerprint density at radius 1 is 1.42 bits per heavy atom. The topological polar surface area (TPSA) is 66.4 Å². The largest absolute Gasteiger partial charge is 0.481 e. The molecule has 66 valence electrons. The molecule has 12 heavy (non-hydrogen) atoms. The maximum atomic E-state index is 11.0. The minimum absolute atomic E-state index is 0.116. The summed E-state index contributed by atoms with van der Waals surface area (Å²) in [6, 6.07) is 0. The third-order valence-electron chi connectivity index (χ3n) is 1.98. The molecule has 2 N–H and O–H groups in total. The van der Waals surface area contributed by atoms with Crippen molar-refractivity contribution in [1.82, 2.24) is 5.32 Å².